The average molecular weight is 170 g/mol. The third-order valence-electron chi connectivity index (χ3n) is 2.89. The highest BCUT2D eigenvalue weighted by atomic mass is 14.9. The van der Waals surface area contributed by atoms with Gasteiger partial charge in [-0.25, -0.2) is 0 Å². The lowest BCUT2D eigenvalue weighted by Gasteiger charge is -2.12. The molecule has 1 saturated heterocycles. The van der Waals surface area contributed by atoms with Crippen LogP contribution in [0.5, 0.6) is 0 Å². The summed E-state index contributed by atoms with van der Waals surface area (Å²) in [6.07, 6.45) is 6.74. The molecule has 0 aliphatic carbocycles. The van der Waals surface area contributed by atoms with Crippen LogP contribution < -0.4 is 11.1 Å². The highest BCUT2D eigenvalue weighted by Gasteiger charge is 2.15. The molecule has 0 radical (unpaired) electrons. The second-order valence-electron chi connectivity index (χ2n) is 3.91. The molecule has 0 bridgehead atoms. The Kier molecular flexibility index (Phi) is 4.62. The van der Waals surface area contributed by atoms with Crippen LogP contribution in [-0.2, 0) is 0 Å². The summed E-state index contributed by atoms with van der Waals surface area (Å²) in [5.41, 5.74) is 5.63. The van der Waals surface area contributed by atoms with Gasteiger partial charge in [-0.2, -0.15) is 0 Å². The molecule has 1 fully saturated rings. The summed E-state index contributed by atoms with van der Waals surface area (Å²) in [6, 6.07) is 0.590. The number of hydrogen-bond acceptors (Lipinski definition) is 2. The molecule has 1 rings (SSSR count). The Morgan fingerprint density at radius 2 is 2.17 bits per heavy atom. The fraction of sp³-hybridized carbons (Fsp3) is 1.00. The first-order valence-corrected chi connectivity index (χ1v) is 5.30. The van der Waals surface area contributed by atoms with Crippen LogP contribution in [0.1, 0.15) is 39.0 Å². The molecule has 1 heterocycles. The lowest BCUT2D eigenvalue weighted by Crippen LogP contribution is -2.35. The second-order valence-corrected chi connectivity index (χ2v) is 3.91. The Balaban J connectivity index is 2.24. The highest BCUT2D eigenvalue weighted by molar-refractivity contribution is 4.75. The molecular formula is C10H22N2. The van der Waals surface area contributed by atoms with E-state index in [0.717, 1.165) is 12.5 Å². The Morgan fingerprint density at radius 3 is 2.83 bits per heavy atom. The number of nitrogens with one attached hydrogen (secondary N) is 1. The summed E-state index contributed by atoms with van der Waals surface area (Å²) in [5.74, 6) is 0.957. The van der Waals surface area contributed by atoms with Crippen LogP contribution in [0.15, 0.2) is 0 Å². The van der Waals surface area contributed by atoms with Crippen molar-refractivity contribution in [2.24, 2.45) is 11.7 Å². The molecule has 1 aliphatic rings. The zero-order valence-corrected chi connectivity index (χ0v) is 8.18. The number of nitrogens with two attached hydrogens (primary N) is 1. The van der Waals surface area contributed by atoms with Gasteiger partial charge < -0.3 is 11.1 Å². The Bertz CT molecular complexity index is 114. The minimum Gasteiger partial charge on any atom is -0.329 e. The van der Waals surface area contributed by atoms with Crippen molar-refractivity contribution < 1.29 is 0 Å². The Hall–Kier alpha value is -0.0800. The van der Waals surface area contributed by atoms with E-state index in [1.807, 2.05) is 0 Å². The van der Waals surface area contributed by atoms with Crippen LogP contribution in [0.2, 0.25) is 0 Å². The minimum atomic E-state index is 0.590. The quantitative estimate of drug-likeness (QED) is 0.673. The van der Waals surface area contributed by atoms with Crippen molar-refractivity contribution in [1.29, 1.82) is 0 Å². The minimum absolute atomic E-state index is 0.590. The van der Waals surface area contributed by atoms with E-state index in [9.17, 15) is 0 Å². The smallest absolute Gasteiger partial charge is 0.0190 e. The van der Waals surface area contributed by atoms with Gasteiger partial charge in [0.15, 0.2) is 0 Å². The van der Waals surface area contributed by atoms with Crippen molar-refractivity contribution in [2.75, 3.05) is 13.1 Å². The van der Waals surface area contributed by atoms with Gasteiger partial charge in [0, 0.05) is 12.6 Å². The first-order valence-electron chi connectivity index (χ1n) is 5.30. The fourth-order valence-electron chi connectivity index (χ4n) is 2.07. The molecule has 0 amide bonds. The maximum Gasteiger partial charge on any atom is 0.0190 e. The van der Waals surface area contributed by atoms with E-state index >= 15 is 0 Å². The summed E-state index contributed by atoms with van der Waals surface area (Å²) in [5, 5.41) is 3.49. The van der Waals surface area contributed by atoms with Crippen LogP contribution >= 0.6 is 0 Å². The Morgan fingerprint density at radius 1 is 1.33 bits per heavy atom. The predicted molar refractivity (Wildman–Crippen MR) is 53.1 cm³/mol. The predicted octanol–water partition coefficient (Wildman–Crippen LogP) is 1.50. The molecule has 2 unspecified atom stereocenters. The van der Waals surface area contributed by atoms with E-state index in [2.05, 4.69) is 12.2 Å². The lowest BCUT2D eigenvalue weighted by molar-refractivity contribution is 0.428. The van der Waals surface area contributed by atoms with Crippen LogP contribution in [0, 0.1) is 5.92 Å². The lowest BCUT2D eigenvalue weighted by atomic mass is 9.95. The zero-order chi connectivity index (χ0) is 8.81. The van der Waals surface area contributed by atoms with Gasteiger partial charge in [-0.15, -0.1) is 0 Å². The molecule has 2 heteroatoms. The molecule has 1 aliphatic heterocycles. The van der Waals surface area contributed by atoms with E-state index in [4.69, 9.17) is 5.73 Å². The first-order chi connectivity index (χ1) is 5.86. The largest absolute Gasteiger partial charge is 0.329 e. The summed E-state index contributed by atoms with van der Waals surface area (Å²) < 4.78 is 0. The zero-order valence-electron chi connectivity index (χ0n) is 8.18. The summed E-state index contributed by atoms with van der Waals surface area (Å²) >= 11 is 0. The second kappa shape index (κ2) is 5.55. The van der Waals surface area contributed by atoms with Gasteiger partial charge in [0.25, 0.3) is 0 Å². The molecule has 0 aromatic rings. The Labute approximate surface area is 75.9 Å². The molecule has 72 valence electrons. The van der Waals surface area contributed by atoms with Crippen molar-refractivity contribution >= 4 is 0 Å². The normalized spacial score (nSPS) is 31.5. The fourth-order valence-corrected chi connectivity index (χ4v) is 2.07. The van der Waals surface area contributed by atoms with Crippen molar-refractivity contribution in [2.45, 2.75) is 45.1 Å². The molecule has 12 heavy (non-hydrogen) atoms. The van der Waals surface area contributed by atoms with E-state index in [1.165, 1.54) is 38.6 Å². The van der Waals surface area contributed by atoms with Crippen molar-refractivity contribution in [1.82, 2.24) is 5.32 Å². The van der Waals surface area contributed by atoms with Gasteiger partial charge >= 0.3 is 0 Å². The standard InChI is InChI=1S/C10H22N2/c1-2-3-9-4-5-10(8-11)12-7-6-9/h9-10,12H,2-8,11H2,1H3. The van der Waals surface area contributed by atoms with Crippen molar-refractivity contribution in [3.63, 3.8) is 0 Å². The van der Waals surface area contributed by atoms with E-state index in [-0.39, 0.29) is 0 Å². The first kappa shape index (κ1) is 10.0. The van der Waals surface area contributed by atoms with Crippen LogP contribution in [0.4, 0.5) is 0 Å². The molecule has 0 aromatic carbocycles. The highest BCUT2D eigenvalue weighted by Crippen LogP contribution is 2.20. The number of hydrogen-bond donors (Lipinski definition) is 2. The molecule has 2 nitrogen and oxygen atoms in total. The summed E-state index contributed by atoms with van der Waals surface area (Å²) in [4.78, 5) is 0. The maximum atomic E-state index is 5.63. The van der Waals surface area contributed by atoms with Gasteiger partial charge in [0.1, 0.15) is 0 Å². The van der Waals surface area contributed by atoms with Gasteiger partial charge in [-0.1, -0.05) is 19.8 Å². The van der Waals surface area contributed by atoms with Gasteiger partial charge in [-0.05, 0) is 31.7 Å². The van der Waals surface area contributed by atoms with Gasteiger partial charge in [0.2, 0.25) is 0 Å². The average Bonchev–Trinajstić information content (AvgIpc) is 2.31. The summed E-state index contributed by atoms with van der Waals surface area (Å²) in [6.45, 7) is 4.25. The van der Waals surface area contributed by atoms with E-state index in [0.29, 0.717) is 6.04 Å². The van der Waals surface area contributed by atoms with Gasteiger partial charge in [-0.3, -0.25) is 0 Å². The number of rotatable bonds is 3. The molecule has 3 N–H and O–H groups in total. The van der Waals surface area contributed by atoms with E-state index in [1.54, 1.807) is 0 Å². The monoisotopic (exact) mass is 170 g/mol. The van der Waals surface area contributed by atoms with Crippen molar-refractivity contribution in [3.8, 4) is 0 Å². The SMILES string of the molecule is CCCC1CCNC(CN)CC1. The van der Waals surface area contributed by atoms with Crippen LogP contribution in [-0.4, -0.2) is 19.1 Å². The third kappa shape index (κ3) is 3.11. The molecule has 0 aromatic heterocycles. The van der Waals surface area contributed by atoms with E-state index < -0.39 is 0 Å². The topological polar surface area (TPSA) is 38.0 Å². The summed E-state index contributed by atoms with van der Waals surface area (Å²) in [7, 11) is 0. The third-order valence-corrected chi connectivity index (χ3v) is 2.89. The molecular weight excluding hydrogens is 148 g/mol. The van der Waals surface area contributed by atoms with Gasteiger partial charge in [0.05, 0.1) is 0 Å². The molecule has 0 spiro atoms. The maximum absolute atomic E-state index is 5.63. The van der Waals surface area contributed by atoms with Crippen molar-refractivity contribution in [3.05, 3.63) is 0 Å². The molecule has 0 saturated carbocycles. The molecule has 2 atom stereocenters. The van der Waals surface area contributed by atoms with Crippen LogP contribution in [0.3, 0.4) is 0 Å². The van der Waals surface area contributed by atoms with Crippen LogP contribution in [0.25, 0.3) is 0 Å².